The fourth-order valence-electron chi connectivity index (χ4n) is 2.57. The number of nitrogens with two attached hydrogens (primary N) is 1. The van der Waals surface area contributed by atoms with E-state index in [9.17, 15) is 9.59 Å². The van der Waals surface area contributed by atoms with Crippen LogP contribution in [0.3, 0.4) is 0 Å². The van der Waals surface area contributed by atoms with Gasteiger partial charge in [0, 0.05) is 31.5 Å². The average molecular weight is 277 g/mol. The van der Waals surface area contributed by atoms with E-state index in [4.69, 9.17) is 10.8 Å². The first-order valence-corrected chi connectivity index (χ1v) is 6.62. The molecule has 20 heavy (non-hydrogen) atoms. The molecule has 0 saturated carbocycles. The zero-order chi connectivity index (χ0) is 14.7. The van der Waals surface area contributed by atoms with Crippen LogP contribution in [-0.4, -0.2) is 37.1 Å². The van der Waals surface area contributed by atoms with Crippen molar-refractivity contribution in [3.63, 3.8) is 0 Å². The molecule has 2 rings (SSSR count). The molecule has 6 heteroatoms. The van der Waals surface area contributed by atoms with E-state index in [0.717, 1.165) is 25.1 Å². The molecule has 1 amide bonds. The number of carbonyl (C=O) groups is 2. The average Bonchev–Trinajstić information content (AvgIpc) is 2.46. The Morgan fingerprint density at radius 2 is 2.20 bits per heavy atom. The summed E-state index contributed by atoms with van der Waals surface area (Å²) in [6, 6.07) is 4.91. The van der Waals surface area contributed by atoms with Crippen LogP contribution < -0.4 is 16.0 Å². The topological polar surface area (TPSA) is 95.7 Å². The Hall–Kier alpha value is -2.24. The Bertz CT molecular complexity index is 530. The Kier molecular flexibility index (Phi) is 4.12. The van der Waals surface area contributed by atoms with Crippen molar-refractivity contribution in [3.8, 4) is 0 Å². The number of carbonyl (C=O) groups excluding carboxylic acids is 1. The van der Waals surface area contributed by atoms with Crippen LogP contribution in [0.4, 0.5) is 11.4 Å². The molecule has 1 saturated heterocycles. The van der Waals surface area contributed by atoms with Gasteiger partial charge in [-0.1, -0.05) is 0 Å². The monoisotopic (exact) mass is 277 g/mol. The van der Waals surface area contributed by atoms with Gasteiger partial charge in [-0.2, -0.15) is 0 Å². The maximum Gasteiger partial charge on any atom is 0.337 e. The third-order valence-electron chi connectivity index (χ3n) is 3.67. The predicted octanol–water partition coefficient (Wildman–Crippen LogP) is 0.929. The van der Waals surface area contributed by atoms with E-state index in [1.807, 2.05) is 0 Å². The van der Waals surface area contributed by atoms with Crippen molar-refractivity contribution in [2.24, 2.45) is 5.92 Å². The number of carboxylic acid groups (broad SMARTS) is 1. The minimum Gasteiger partial charge on any atom is -0.478 e. The lowest BCUT2D eigenvalue weighted by Crippen LogP contribution is -2.42. The fraction of sp³-hybridized carbons (Fsp3) is 0.429. The van der Waals surface area contributed by atoms with E-state index in [1.165, 1.54) is 6.07 Å². The van der Waals surface area contributed by atoms with Gasteiger partial charge >= 0.3 is 5.97 Å². The zero-order valence-corrected chi connectivity index (χ0v) is 11.4. The van der Waals surface area contributed by atoms with Crippen LogP contribution in [0.25, 0.3) is 0 Å². The largest absolute Gasteiger partial charge is 0.478 e. The van der Waals surface area contributed by atoms with E-state index >= 15 is 0 Å². The van der Waals surface area contributed by atoms with Gasteiger partial charge < -0.3 is 21.1 Å². The van der Waals surface area contributed by atoms with E-state index in [0.29, 0.717) is 6.54 Å². The molecule has 1 aromatic carbocycles. The van der Waals surface area contributed by atoms with Crippen LogP contribution >= 0.6 is 0 Å². The van der Waals surface area contributed by atoms with Gasteiger partial charge in [0.25, 0.3) is 0 Å². The van der Waals surface area contributed by atoms with Gasteiger partial charge in [-0.05, 0) is 31.0 Å². The van der Waals surface area contributed by atoms with Gasteiger partial charge in [0.1, 0.15) is 0 Å². The summed E-state index contributed by atoms with van der Waals surface area (Å²) < 4.78 is 0. The van der Waals surface area contributed by atoms with E-state index < -0.39 is 5.97 Å². The second-order valence-electron chi connectivity index (χ2n) is 4.98. The van der Waals surface area contributed by atoms with Gasteiger partial charge in [-0.15, -0.1) is 0 Å². The van der Waals surface area contributed by atoms with Gasteiger partial charge in [0.15, 0.2) is 0 Å². The lowest BCUT2D eigenvalue weighted by molar-refractivity contribution is -0.124. The van der Waals surface area contributed by atoms with Gasteiger partial charge in [-0.3, -0.25) is 4.79 Å². The number of piperidine rings is 1. The molecule has 1 aliphatic rings. The highest BCUT2D eigenvalue weighted by atomic mass is 16.4. The number of hydrogen-bond acceptors (Lipinski definition) is 4. The molecule has 0 spiro atoms. The summed E-state index contributed by atoms with van der Waals surface area (Å²) in [6.45, 7) is 1.48. The Balaban J connectivity index is 2.17. The highest BCUT2D eigenvalue weighted by Crippen LogP contribution is 2.26. The summed E-state index contributed by atoms with van der Waals surface area (Å²) in [5.41, 5.74) is 6.98. The molecular formula is C14H19N3O3. The number of nitrogens with zero attached hydrogens (tertiary/aromatic N) is 1. The van der Waals surface area contributed by atoms with E-state index in [-0.39, 0.29) is 23.1 Å². The molecule has 1 aromatic rings. The van der Waals surface area contributed by atoms with Crippen LogP contribution in [0, 0.1) is 5.92 Å². The van der Waals surface area contributed by atoms with E-state index in [1.54, 1.807) is 19.2 Å². The molecule has 0 radical (unpaired) electrons. The first kappa shape index (κ1) is 14.2. The first-order chi connectivity index (χ1) is 9.52. The summed E-state index contributed by atoms with van der Waals surface area (Å²) in [4.78, 5) is 24.7. The number of aromatic carboxylic acids is 1. The molecule has 4 N–H and O–H groups in total. The molecule has 1 aliphatic heterocycles. The molecule has 1 heterocycles. The third kappa shape index (κ3) is 2.84. The van der Waals surface area contributed by atoms with Gasteiger partial charge in [0.2, 0.25) is 5.91 Å². The standard InChI is InChI=1S/C14H19N3O3/c1-16-13(18)9-3-2-6-17(8-9)10-4-5-11(14(19)20)12(15)7-10/h4-5,7,9H,2-3,6,8,15H2,1H3,(H,16,18)(H,19,20). The highest BCUT2D eigenvalue weighted by molar-refractivity contribution is 5.94. The number of benzene rings is 1. The normalized spacial score (nSPS) is 18.6. The predicted molar refractivity (Wildman–Crippen MR) is 76.8 cm³/mol. The van der Waals surface area contributed by atoms with Crippen molar-refractivity contribution < 1.29 is 14.7 Å². The summed E-state index contributed by atoms with van der Waals surface area (Å²) in [6.07, 6.45) is 1.80. The minimum absolute atomic E-state index is 0.0332. The lowest BCUT2D eigenvalue weighted by Gasteiger charge is -2.33. The number of hydrogen-bond donors (Lipinski definition) is 3. The van der Waals surface area contributed by atoms with Crippen molar-refractivity contribution in [2.45, 2.75) is 12.8 Å². The molecule has 1 fully saturated rings. The molecule has 1 atom stereocenters. The number of anilines is 2. The summed E-state index contributed by atoms with van der Waals surface area (Å²) >= 11 is 0. The van der Waals surface area contributed by atoms with Crippen LogP contribution in [0.1, 0.15) is 23.2 Å². The first-order valence-electron chi connectivity index (χ1n) is 6.62. The van der Waals surface area contributed by atoms with Crippen LogP contribution in [0.2, 0.25) is 0 Å². The summed E-state index contributed by atoms with van der Waals surface area (Å²) in [5, 5.41) is 11.6. The van der Waals surface area contributed by atoms with E-state index in [2.05, 4.69) is 10.2 Å². The smallest absolute Gasteiger partial charge is 0.337 e. The quantitative estimate of drug-likeness (QED) is 0.714. The van der Waals surface area contributed by atoms with Crippen molar-refractivity contribution >= 4 is 23.3 Å². The van der Waals surface area contributed by atoms with Crippen molar-refractivity contribution in [1.82, 2.24) is 5.32 Å². The van der Waals surface area contributed by atoms with Gasteiger partial charge in [-0.25, -0.2) is 4.79 Å². The lowest BCUT2D eigenvalue weighted by atomic mass is 9.96. The molecular weight excluding hydrogens is 258 g/mol. The number of nitrogens with one attached hydrogen (secondary N) is 1. The number of rotatable bonds is 3. The number of carboxylic acids is 1. The fourth-order valence-corrected chi connectivity index (χ4v) is 2.57. The zero-order valence-electron chi connectivity index (χ0n) is 11.4. The maximum absolute atomic E-state index is 11.7. The summed E-state index contributed by atoms with van der Waals surface area (Å²) in [7, 11) is 1.64. The second kappa shape index (κ2) is 5.81. The maximum atomic E-state index is 11.7. The van der Waals surface area contributed by atoms with Crippen molar-refractivity contribution in [2.75, 3.05) is 30.8 Å². The number of amides is 1. The molecule has 0 aliphatic carbocycles. The van der Waals surface area contributed by atoms with Crippen molar-refractivity contribution in [1.29, 1.82) is 0 Å². The highest BCUT2D eigenvalue weighted by Gasteiger charge is 2.25. The third-order valence-corrected chi connectivity index (χ3v) is 3.67. The van der Waals surface area contributed by atoms with Crippen LogP contribution in [-0.2, 0) is 4.79 Å². The molecule has 6 nitrogen and oxygen atoms in total. The van der Waals surface area contributed by atoms with Gasteiger partial charge in [0.05, 0.1) is 11.5 Å². The van der Waals surface area contributed by atoms with Crippen LogP contribution in [0.15, 0.2) is 18.2 Å². The minimum atomic E-state index is -1.03. The molecule has 0 bridgehead atoms. The Morgan fingerprint density at radius 3 is 2.80 bits per heavy atom. The number of nitrogen functional groups attached to an aromatic ring is 1. The second-order valence-corrected chi connectivity index (χ2v) is 4.98. The van der Waals surface area contributed by atoms with Crippen LogP contribution in [0.5, 0.6) is 0 Å². The molecule has 0 aromatic heterocycles. The molecule has 1 unspecified atom stereocenters. The SMILES string of the molecule is CNC(=O)C1CCCN(c2ccc(C(=O)O)c(N)c2)C1. The molecule has 108 valence electrons. The van der Waals surface area contributed by atoms with Crippen molar-refractivity contribution in [3.05, 3.63) is 23.8 Å². The Labute approximate surface area is 117 Å². The Morgan fingerprint density at radius 1 is 1.45 bits per heavy atom. The summed E-state index contributed by atoms with van der Waals surface area (Å²) in [5.74, 6) is -1.02.